The van der Waals surface area contributed by atoms with Crippen molar-refractivity contribution in [2.45, 2.75) is 137 Å². The number of carbonyl (C=O) groups is 6. The lowest BCUT2D eigenvalue weighted by Gasteiger charge is -2.43. The summed E-state index contributed by atoms with van der Waals surface area (Å²) in [5, 5.41) is 24.9. The van der Waals surface area contributed by atoms with Crippen LogP contribution in [0.1, 0.15) is 103 Å². The molecule has 54 heavy (non-hydrogen) atoms. The van der Waals surface area contributed by atoms with Crippen molar-refractivity contribution in [2.75, 3.05) is 45.2 Å². The molecule has 0 radical (unpaired) electrons. The van der Waals surface area contributed by atoms with E-state index in [0.29, 0.717) is 56.9 Å². The minimum atomic E-state index is -1.20. The number of likely N-dealkylation sites (N-methyl/N-ethyl adjacent to an activating group) is 2. The first kappa shape index (κ1) is 48.3. The third-order valence-corrected chi connectivity index (χ3v) is 14.1. The Hall–Kier alpha value is -1.86. The van der Waals surface area contributed by atoms with E-state index in [4.69, 9.17) is 5.73 Å². The highest BCUT2D eigenvalue weighted by atomic mass is 33.1. The standard InChI is InChI=1S/C36H65N7O7S4/c1-38-15-16-40-35(49)28(23-33(46)42-27-21-25(37)22-30-29(53-54-30)19-24(27)20-34(47)48)43(2)36(50)26(41-32(45)13-6-4-10-18-52)11-7-8-14-39-31(44)12-5-3-9-17-51/h24-30,38,51-52H,3-23,37H2,1-2H3,(H,39,44)(H,40,49)(H,41,45)(H,42,46)(H,47,48)/t24?,25?,26-,27?,28-,29?,30?/m0/s1. The fourth-order valence-electron chi connectivity index (χ4n) is 6.73. The first-order valence-corrected chi connectivity index (χ1v) is 23.0. The van der Waals surface area contributed by atoms with Crippen LogP contribution >= 0.6 is 46.8 Å². The molecule has 1 heterocycles. The third kappa shape index (κ3) is 18.9. The summed E-state index contributed by atoms with van der Waals surface area (Å²) in [6.07, 6.45) is 8.45. The molecule has 14 nitrogen and oxygen atoms in total. The van der Waals surface area contributed by atoms with Crippen LogP contribution < -0.4 is 32.3 Å². The lowest BCUT2D eigenvalue weighted by molar-refractivity contribution is -0.144. The van der Waals surface area contributed by atoms with Gasteiger partial charge in [-0.3, -0.25) is 28.8 Å². The number of carbonyl (C=O) groups excluding carboxylic acids is 5. The van der Waals surface area contributed by atoms with Gasteiger partial charge in [-0.1, -0.05) is 34.4 Å². The molecule has 2 aliphatic rings. The lowest BCUT2D eigenvalue weighted by atomic mass is 9.82. The first-order valence-electron chi connectivity index (χ1n) is 19.5. The molecule has 8 N–H and O–H groups in total. The van der Waals surface area contributed by atoms with Gasteiger partial charge in [0.15, 0.2) is 0 Å². The van der Waals surface area contributed by atoms with Crippen LogP contribution in [-0.4, -0.2) is 125 Å². The van der Waals surface area contributed by atoms with Crippen LogP contribution in [0, 0.1) is 5.92 Å². The monoisotopic (exact) mass is 835 g/mol. The second-order valence-electron chi connectivity index (χ2n) is 14.4. The van der Waals surface area contributed by atoms with Crippen molar-refractivity contribution in [1.82, 2.24) is 31.5 Å². The molecule has 0 aromatic rings. The van der Waals surface area contributed by atoms with Gasteiger partial charge in [0, 0.05) is 62.1 Å². The van der Waals surface area contributed by atoms with Crippen molar-refractivity contribution >= 4 is 82.4 Å². The van der Waals surface area contributed by atoms with Crippen molar-refractivity contribution in [3.8, 4) is 0 Å². The molecule has 0 aromatic carbocycles. The Kier molecular flexibility index (Phi) is 24.8. The Morgan fingerprint density at radius 1 is 0.796 bits per heavy atom. The summed E-state index contributed by atoms with van der Waals surface area (Å²) in [7, 11) is 6.69. The summed E-state index contributed by atoms with van der Waals surface area (Å²) in [4.78, 5) is 79.8. The fourth-order valence-corrected chi connectivity index (χ4v) is 10.2. The Morgan fingerprint density at radius 3 is 2.06 bits per heavy atom. The number of fused-ring (bicyclic) bond motifs is 1. The van der Waals surface area contributed by atoms with Crippen molar-refractivity contribution < 1.29 is 33.9 Å². The first-order chi connectivity index (χ1) is 25.9. The van der Waals surface area contributed by atoms with E-state index in [1.54, 1.807) is 28.6 Å². The van der Waals surface area contributed by atoms with Gasteiger partial charge in [0.2, 0.25) is 29.5 Å². The molecular formula is C36H65N7O7S4. The van der Waals surface area contributed by atoms with Crippen LogP contribution in [0.5, 0.6) is 0 Å². The van der Waals surface area contributed by atoms with E-state index in [2.05, 4.69) is 51.8 Å². The smallest absolute Gasteiger partial charge is 0.303 e. The zero-order chi connectivity index (χ0) is 39.9. The molecule has 5 amide bonds. The fraction of sp³-hybridized carbons (Fsp3) is 0.833. The molecule has 1 aliphatic carbocycles. The van der Waals surface area contributed by atoms with Crippen LogP contribution in [0.15, 0.2) is 0 Å². The van der Waals surface area contributed by atoms with Gasteiger partial charge in [0.1, 0.15) is 12.1 Å². The Bertz CT molecular complexity index is 1190. The SMILES string of the molecule is CNCCNC(=O)[C@H](CC(=O)NC1CC(N)CC2SSC2CC1CC(=O)O)N(C)C(=O)[C@H](CCCCNC(=O)CCCCCS)NC(=O)CCCCCS. The van der Waals surface area contributed by atoms with Gasteiger partial charge in [-0.15, -0.1) is 0 Å². The van der Waals surface area contributed by atoms with E-state index < -0.39 is 41.8 Å². The molecule has 5 unspecified atom stereocenters. The molecule has 2 fully saturated rings. The summed E-state index contributed by atoms with van der Waals surface area (Å²) in [5.41, 5.74) is 6.47. The molecule has 310 valence electrons. The highest BCUT2D eigenvalue weighted by molar-refractivity contribution is 8.80. The average molecular weight is 836 g/mol. The number of nitrogens with zero attached hydrogens (tertiary/aromatic N) is 1. The van der Waals surface area contributed by atoms with Gasteiger partial charge in [-0.05, 0) is 88.7 Å². The number of nitrogens with one attached hydrogen (secondary N) is 5. The van der Waals surface area contributed by atoms with Crippen molar-refractivity contribution in [2.24, 2.45) is 11.7 Å². The number of carboxylic acids is 1. The van der Waals surface area contributed by atoms with E-state index in [1.807, 2.05) is 0 Å². The Labute approximate surface area is 340 Å². The topological polar surface area (TPSA) is 212 Å². The number of thiol groups is 2. The highest BCUT2D eigenvalue weighted by Gasteiger charge is 2.42. The number of rotatable bonds is 27. The molecule has 7 atom stereocenters. The van der Waals surface area contributed by atoms with Crippen LogP contribution in [-0.2, 0) is 28.8 Å². The van der Waals surface area contributed by atoms with E-state index in [-0.39, 0.29) is 61.3 Å². The summed E-state index contributed by atoms with van der Waals surface area (Å²) >= 11 is 8.43. The van der Waals surface area contributed by atoms with Gasteiger partial charge >= 0.3 is 5.97 Å². The highest BCUT2D eigenvalue weighted by Crippen LogP contribution is 2.53. The molecule has 2 rings (SSSR count). The van der Waals surface area contributed by atoms with Crippen molar-refractivity contribution in [3.63, 3.8) is 0 Å². The second kappa shape index (κ2) is 27.7. The molecule has 0 aromatic heterocycles. The molecule has 1 saturated carbocycles. The molecular weight excluding hydrogens is 771 g/mol. The molecule has 18 heteroatoms. The maximum Gasteiger partial charge on any atom is 0.303 e. The summed E-state index contributed by atoms with van der Waals surface area (Å²) in [6, 6.07) is -2.88. The zero-order valence-corrected chi connectivity index (χ0v) is 35.4. The number of hydrogen-bond acceptors (Lipinski definition) is 12. The van der Waals surface area contributed by atoms with Gasteiger partial charge in [-0.2, -0.15) is 25.3 Å². The number of hydrogen-bond donors (Lipinski definition) is 9. The molecule has 0 spiro atoms. The number of unbranched alkanes of at least 4 members (excludes halogenated alkanes) is 5. The summed E-state index contributed by atoms with van der Waals surface area (Å²) < 4.78 is 0. The van der Waals surface area contributed by atoms with E-state index >= 15 is 0 Å². The predicted molar refractivity (Wildman–Crippen MR) is 224 cm³/mol. The normalized spacial score (nSPS) is 21.9. The minimum absolute atomic E-state index is 0.0257. The predicted octanol–water partition coefficient (Wildman–Crippen LogP) is 2.51. The number of amides is 5. The van der Waals surface area contributed by atoms with Crippen molar-refractivity contribution in [1.29, 1.82) is 0 Å². The van der Waals surface area contributed by atoms with E-state index in [0.717, 1.165) is 50.0 Å². The molecule has 1 saturated heterocycles. The van der Waals surface area contributed by atoms with E-state index in [9.17, 15) is 33.9 Å². The van der Waals surface area contributed by atoms with Crippen LogP contribution in [0.3, 0.4) is 0 Å². The number of aliphatic carboxylic acids is 1. The lowest BCUT2D eigenvalue weighted by Crippen LogP contribution is -2.56. The quantitative estimate of drug-likeness (QED) is 0.0334. The number of carboxylic acid groups (broad SMARTS) is 1. The largest absolute Gasteiger partial charge is 0.481 e. The van der Waals surface area contributed by atoms with Crippen molar-refractivity contribution in [3.05, 3.63) is 0 Å². The average Bonchev–Trinajstić information content (AvgIpc) is 3.12. The van der Waals surface area contributed by atoms with Crippen LogP contribution in [0.2, 0.25) is 0 Å². The number of nitrogens with two attached hydrogens (primary N) is 1. The zero-order valence-electron chi connectivity index (χ0n) is 32.0. The summed E-state index contributed by atoms with van der Waals surface area (Å²) in [5.74, 6) is -1.60. The third-order valence-electron chi connectivity index (χ3n) is 9.87. The Morgan fingerprint density at radius 2 is 1.44 bits per heavy atom. The Balaban J connectivity index is 2.18. The van der Waals surface area contributed by atoms with E-state index in [1.165, 1.54) is 11.9 Å². The maximum atomic E-state index is 14.1. The summed E-state index contributed by atoms with van der Waals surface area (Å²) in [6.45, 7) is 1.16. The van der Waals surface area contributed by atoms with Crippen LogP contribution in [0.4, 0.5) is 0 Å². The van der Waals surface area contributed by atoms with Crippen LogP contribution in [0.25, 0.3) is 0 Å². The minimum Gasteiger partial charge on any atom is -0.481 e. The molecule has 1 aliphatic heterocycles. The maximum absolute atomic E-state index is 14.1. The molecule has 0 bridgehead atoms. The van der Waals surface area contributed by atoms with Gasteiger partial charge in [-0.25, -0.2) is 0 Å². The second-order valence-corrected chi connectivity index (χ2v) is 18.0. The van der Waals surface area contributed by atoms with Gasteiger partial charge in [0.05, 0.1) is 12.8 Å². The van der Waals surface area contributed by atoms with Gasteiger partial charge in [0.25, 0.3) is 0 Å². The van der Waals surface area contributed by atoms with Gasteiger partial charge < -0.3 is 42.3 Å².